The van der Waals surface area contributed by atoms with Gasteiger partial charge in [-0.25, -0.2) is 9.59 Å². The fraction of sp³-hybridized carbons (Fsp3) is 0.667. The maximum absolute atomic E-state index is 9.45. The van der Waals surface area contributed by atoms with Gasteiger partial charge in [0.25, 0.3) is 0 Å². The van der Waals surface area contributed by atoms with Crippen LogP contribution in [0.4, 0.5) is 0 Å². The molecular weight excluding hydrogens is 486 g/mol. The molecule has 0 spiro atoms. The van der Waals surface area contributed by atoms with Gasteiger partial charge in [-0.3, -0.25) is 0 Å². The molecule has 0 bridgehead atoms. The zero-order valence-corrected chi connectivity index (χ0v) is 14.4. The summed E-state index contributed by atoms with van der Waals surface area (Å²) in [6.45, 7) is 2.39. The Labute approximate surface area is 122 Å². The third-order valence-corrected chi connectivity index (χ3v) is 0.715. The summed E-state index contributed by atoms with van der Waals surface area (Å²) in [5.74, 6) is -2.37. The van der Waals surface area contributed by atoms with Gasteiger partial charge in [-0.15, -0.1) is 0 Å². The summed E-state index contributed by atoms with van der Waals surface area (Å²) in [4.78, 5) is 18.9. The first-order chi connectivity index (χ1) is 6.70. The molecule has 0 radical (unpaired) electrons. The number of aliphatic hydroxyl groups is 2. The van der Waals surface area contributed by atoms with Crippen LogP contribution in [0.3, 0.4) is 0 Å². The van der Waals surface area contributed by atoms with E-state index in [2.05, 4.69) is 38.4 Å². The van der Waals surface area contributed by atoms with Crippen molar-refractivity contribution in [3.63, 3.8) is 0 Å². The molecular formula is C6H14I2O7Ti. The van der Waals surface area contributed by atoms with Crippen LogP contribution in [0.15, 0.2) is 0 Å². The molecule has 0 amide bonds. The number of carboxylic acid groups (broad SMARTS) is 2. The molecule has 0 saturated carbocycles. The van der Waals surface area contributed by atoms with E-state index in [1.807, 2.05) is 0 Å². The molecule has 2 unspecified atom stereocenters. The van der Waals surface area contributed by atoms with E-state index < -0.39 is 24.1 Å². The van der Waals surface area contributed by atoms with Crippen molar-refractivity contribution < 1.29 is 47.1 Å². The van der Waals surface area contributed by atoms with E-state index in [0.717, 1.165) is 0 Å². The van der Waals surface area contributed by atoms with Crippen molar-refractivity contribution in [2.24, 2.45) is 0 Å². The Bertz CT molecular complexity index is 158. The summed E-state index contributed by atoms with van der Waals surface area (Å²) >= 11 is 5.24. The summed E-state index contributed by atoms with van der Waals surface area (Å²) in [6, 6.07) is 0. The van der Waals surface area contributed by atoms with Crippen molar-refractivity contribution >= 4 is 50.3 Å². The molecule has 0 aromatic carbocycles. The molecule has 16 heavy (non-hydrogen) atoms. The number of hydrogen-bond acceptors (Lipinski definition) is 4. The average molecular weight is 500 g/mol. The molecule has 98 valence electrons. The minimum absolute atomic E-state index is 0. The second-order valence-corrected chi connectivity index (χ2v) is 15.3. The van der Waals surface area contributed by atoms with Crippen LogP contribution in [0, 0.1) is 0 Å². The summed E-state index contributed by atoms with van der Waals surface area (Å²) in [7, 11) is 0. The van der Waals surface area contributed by atoms with Crippen molar-refractivity contribution in [3.8, 4) is 0 Å². The molecule has 0 aromatic rings. The second-order valence-electron chi connectivity index (χ2n) is 2.10. The van der Waals surface area contributed by atoms with Crippen molar-refractivity contribution in [3.05, 3.63) is 0 Å². The van der Waals surface area contributed by atoms with Gasteiger partial charge in [0, 0.05) is 0 Å². The predicted molar refractivity (Wildman–Crippen MR) is 70.3 cm³/mol. The van der Waals surface area contributed by atoms with Gasteiger partial charge < -0.3 is 25.9 Å². The third-order valence-electron chi connectivity index (χ3n) is 0.715. The molecule has 7 nitrogen and oxygen atoms in total. The summed E-state index contributed by atoms with van der Waals surface area (Å²) < 4.78 is 0. The summed E-state index contributed by atoms with van der Waals surface area (Å²) in [5, 5.41) is 31.5. The van der Waals surface area contributed by atoms with E-state index in [9.17, 15) is 9.59 Å². The molecule has 0 aliphatic rings. The zero-order chi connectivity index (χ0) is 13.0. The number of carbonyl (C=O) groups is 2. The minimum atomic E-state index is -1.23. The van der Waals surface area contributed by atoms with E-state index in [0.29, 0.717) is 11.7 Å². The number of halogens is 2. The monoisotopic (exact) mass is 500 g/mol. The first-order valence-corrected chi connectivity index (χ1v) is 13.6. The first kappa shape index (κ1) is 25.7. The molecule has 0 aromatic heterocycles. The first-order valence-electron chi connectivity index (χ1n) is 3.48. The Kier molecular flexibility index (Phi) is 29.5. The van der Waals surface area contributed by atoms with Crippen molar-refractivity contribution in [1.82, 2.24) is 0 Å². The molecule has 10 heteroatoms. The fourth-order valence-electron chi connectivity index (χ4n) is 0. The fourth-order valence-corrected chi connectivity index (χ4v) is 0. The van der Waals surface area contributed by atoms with Crippen LogP contribution in [0.1, 0.15) is 13.8 Å². The molecule has 0 heterocycles. The number of aliphatic hydroxyl groups excluding tert-OH is 2. The standard InChI is InChI=1S/2C3H6O3.2HI.H2O.Ti/c2*1-2(4)3(5)6;;;;/h2*2,4H,1H3,(H,5,6);2*1H;1H2;/q;;;;;+2/p-2. The normalized spacial score (nSPS) is 11.1. The Morgan fingerprint density at radius 2 is 1.06 bits per heavy atom. The number of aliphatic carboxylic acids is 2. The Morgan fingerprint density at radius 3 is 1.06 bits per heavy atom. The Hall–Kier alpha value is 0.994. The van der Waals surface area contributed by atoms with Gasteiger partial charge in [0.1, 0.15) is 12.2 Å². The Morgan fingerprint density at radius 1 is 1.00 bits per heavy atom. The number of hydrogen-bond donors (Lipinski definition) is 4. The second kappa shape index (κ2) is 18.4. The van der Waals surface area contributed by atoms with Crippen molar-refractivity contribution in [1.29, 1.82) is 0 Å². The van der Waals surface area contributed by atoms with Gasteiger partial charge in [0.05, 0.1) is 0 Å². The van der Waals surface area contributed by atoms with E-state index in [-0.39, 0.29) is 5.48 Å². The van der Waals surface area contributed by atoms with Crippen LogP contribution in [0.2, 0.25) is 0 Å². The molecule has 0 fully saturated rings. The molecule has 0 saturated heterocycles. The van der Waals surface area contributed by atoms with Gasteiger partial charge in [-0.05, 0) is 13.8 Å². The van der Waals surface area contributed by atoms with Crippen LogP contribution in [0.25, 0.3) is 0 Å². The summed E-state index contributed by atoms with van der Waals surface area (Å²) in [5.41, 5.74) is 0. The number of carboxylic acids is 2. The summed E-state index contributed by atoms with van der Waals surface area (Å²) in [6.07, 6.45) is -2.46. The average Bonchev–Trinajstić information content (AvgIpc) is 2.06. The van der Waals surface area contributed by atoms with E-state index in [1.165, 1.54) is 13.8 Å². The van der Waals surface area contributed by atoms with Crippen LogP contribution < -0.4 is 0 Å². The Balaban J connectivity index is -0.0000000692. The van der Waals surface area contributed by atoms with Crippen molar-refractivity contribution in [2.75, 3.05) is 0 Å². The van der Waals surface area contributed by atoms with Gasteiger partial charge in [0.2, 0.25) is 0 Å². The predicted octanol–water partition coefficient (Wildman–Crippen LogP) is -0.152. The van der Waals surface area contributed by atoms with E-state index in [4.69, 9.17) is 20.4 Å². The van der Waals surface area contributed by atoms with Gasteiger partial charge in [-0.1, -0.05) is 0 Å². The van der Waals surface area contributed by atoms with Crippen LogP contribution in [0.5, 0.6) is 0 Å². The quantitative estimate of drug-likeness (QED) is 0.307. The SMILES string of the molecule is CC(O)C(=O)O.CC(O)C(=O)O.O.[I][Ti][I]. The van der Waals surface area contributed by atoms with Crippen molar-refractivity contribution in [2.45, 2.75) is 26.1 Å². The molecule has 0 rings (SSSR count). The number of rotatable bonds is 2. The molecule has 0 aliphatic carbocycles. The van der Waals surface area contributed by atoms with Gasteiger partial charge in [-0.2, -0.15) is 0 Å². The van der Waals surface area contributed by atoms with Gasteiger partial charge in [0.15, 0.2) is 0 Å². The van der Waals surface area contributed by atoms with Crippen LogP contribution in [-0.2, 0) is 21.2 Å². The van der Waals surface area contributed by atoms with E-state index >= 15 is 0 Å². The van der Waals surface area contributed by atoms with Crippen LogP contribution in [-0.4, -0.2) is 50.0 Å². The molecule has 6 N–H and O–H groups in total. The van der Waals surface area contributed by atoms with E-state index in [1.54, 1.807) is 0 Å². The molecule has 0 aliphatic heterocycles. The molecule has 2 atom stereocenters. The van der Waals surface area contributed by atoms with Gasteiger partial charge >= 0.3 is 62.0 Å². The topological polar surface area (TPSA) is 147 Å². The van der Waals surface area contributed by atoms with Crippen LogP contribution >= 0.6 is 38.4 Å². The maximum atomic E-state index is 9.45. The third kappa shape index (κ3) is 36.3. The zero-order valence-electron chi connectivity index (χ0n) is 8.52.